The topological polar surface area (TPSA) is 37.3 Å². The Morgan fingerprint density at radius 3 is 2.55 bits per heavy atom. The van der Waals surface area contributed by atoms with Gasteiger partial charge in [-0.1, -0.05) is 30.3 Å². The second kappa shape index (κ2) is 4.62. The Morgan fingerprint density at radius 2 is 1.85 bits per heavy atom. The van der Waals surface area contributed by atoms with Crippen molar-refractivity contribution in [3.63, 3.8) is 0 Å². The van der Waals surface area contributed by atoms with Crippen molar-refractivity contribution in [3.8, 4) is 0 Å². The maximum Gasteiger partial charge on any atom is 0.309 e. The highest BCUT2D eigenvalue weighted by atomic mass is 16.4. The molecule has 2 aromatic carbocycles. The van der Waals surface area contributed by atoms with Crippen LogP contribution < -0.4 is 0 Å². The first-order valence-electron chi connectivity index (χ1n) is 7.25. The van der Waals surface area contributed by atoms with Crippen LogP contribution in [0.4, 0.5) is 0 Å². The summed E-state index contributed by atoms with van der Waals surface area (Å²) in [6, 6.07) is 10.9. The Labute approximate surface area is 119 Å². The molecule has 0 amide bonds. The summed E-state index contributed by atoms with van der Waals surface area (Å²) in [5, 5.41) is 12.0. The molecule has 2 aromatic rings. The minimum atomic E-state index is -0.719. The molecule has 0 saturated heterocycles. The molecule has 0 aromatic heterocycles. The zero-order chi connectivity index (χ0) is 14.3. The molecule has 1 aliphatic rings. The maximum absolute atomic E-state index is 11.2. The highest BCUT2D eigenvalue weighted by Crippen LogP contribution is 2.34. The summed E-state index contributed by atoms with van der Waals surface area (Å²) >= 11 is 0. The summed E-state index contributed by atoms with van der Waals surface area (Å²) in [4.78, 5) is 11.2. The molecule has 0 spiro atoms. The van der Waals surface area contributed by atoms with Crippen LogP contribution in [0.25, 0.3) is 10.8 Å². The molecule has 0 fully saturated rings. The fraction of sp³-hybridized carbons (Fsp3) is 0.389. The van der Waals surface area contributed by atoms with Crippen molar-refractivity contribution in [1.82, 2.24) is 0 Å². The van der Waals surface area contributed by atoms with Gasteiger partial charge in [0.05, 0.1) is 5.41 Å². The summed E-state index contributed by atoms with van der Waals surface area (Å²) in [6.07, 6.45) is 3.76. The van der Waals surface area contributed by atoms with Crippen molar-refractivity contribution in [1.29, 1.82) is 0 Å². The van der Waals surface area contributed by atoms with E-state index in [0.717, 1.165) is 19.3 Å². The van der Waals surface area contributed by atoms with Crippen LogP contribution in [0.1, 0.15) is 37.0 Å². The number of carboxylic acids is 1. The van der Waals surface area contributed by atoms with Crippen molar-refractivity contribution in [3.05, 3.63) is 47.0 Å². The van der Waals surface area contributed by atoms with Gasteiger partial charge in [-0.15, -0.1) is 0 Å². The zero-order valence-electron chi connectivity index (χ0n) is 12.1. The highest BCUT2D eigenvalue weighted by molar-refractivity contribution is 5.93. The molecule has 2 heteroatoms. The lowest BCUT2D eigenvalue weighted by Gasteiger charge is -2.19. The average Bonchev–Trinajstić information content (AvgIpc) is 2.83. The van der Waals surface area contributed by atoms with Gasteiger partial charge < -0.3 is 5.11 Å². The number of benzene rings is 2. The summed E-state index contributed by atoms with van der Waals surface area (Å²) in [5.41, 5.74) is 3.50. The lowest BCUT2D eigenvalue weighted by molar-refractivity contribution is -0.147. The third-order valence-corrected chi connectivity index (χ3v) is 4.57. The molecule has 0 atom stereocenters. The number of carbonyl (C=O) groups is 1. The molecular weight excluding hydrogens is 248 g/mol. The minimum absolute atomic E-state index is 0.664. The highest BCUT2D eigenvalue weighted by Gasteiger charge is 2.27. The van der Waals surface area contributed by atoms with Gasteiger partial charge in [-0.3, -0.25) is 4.79 Å². The van der Waals surface area contributed by atoms with Crippen LogP contribution in [0.2, 0.25) is 0 Å². The molecule has 1 aliphatic carbocycles. The summed E-state index contributed by atoms with van der Waals surface area (Å²) in [7, 11) is 0. The molecule has 0 heterocycles. The predicted octanol–water partition coefficient (Wildman–Crippen LogP) is 3.98. The number of carboxylic acid groups (broad SMARTS) is 1. The molecule has 2 nitrogen and oxygen atoms in total. The van der Waals surface area contributed by atoms with Crippen LogP contribution in [-0.2, 0) is 24.1 Å². The smallest absolute Gasteiger partial charge is 0.309 e. The fourth-order valence-electron chi connectivity index (χ4n) is 3.08. The largest absolute Gasteiger partial charge is 0.481 e. The van der Waals surface area contributed by atoms with Gasteiger partial charge in [0, 0.05) is 0 Å². The van der Waals surface area contributed by atoms with E-state index in [0.29, 0.717) is 6.42 Å². The number of rotatable bonds is 4. The molecule has 104 valence electrons. The second-order valence-corrected chi connectivity index (χ2v) is 6.41. The lowest BCUT2D eigenvalue weighted by atomic mass is 9.85. The predicted molar refractivity (Wildman–Crippen MR) is 81.1 cm³/mol. The lowest BCUT2D eigenvalue weighted by Crippen LogP contribution is -2.24. The second-order valence-electron chi connectivity index (χ2n) is 6.41. The van der Waals surface area contributed by atoms with E-state index in [2.05, 4.69) is 30.3 Å². The van der Waals surface area contributed by atoms with Gasteiger partial charge in [0.15, 0.2) is 0 Å². The zero-order valence-corrected chi connectivity index (χ0v) is 12.1. The average molecular weight is 268 g/mol. The van der Waals surface area contributed by atoms with E-state index < -0.39 is 11.4 Å². The van der Waals surface area contributed by atoms with E-state index >= 15 is 0 Å². The quantitative estimate of drug-likeness (QED) is 0.910. The van der Waals surface area contributed by atoms with Crippen LogP contribution in [-0.4, -0.2) is 11.1 Å². The summed E-state index contributed by atoms with van der Waals surface area (Å²) < 4.78 is 0. The Hall–Kier alpha value is -1.83. The van der Waals surface area contributed by atoms with E-state index in [1.165, 1.54) is 27.5 Å². The van der Waals surface area contributed by atoms with E-state index in [9.17, 15) is 9.90 Å². The van der Waals surface area contributed by atoms with Gasteiger partial charge in [-0.2, -0.15) is 0 Å². The summed E-state index contributed by atoms with van der Waals surface area (Å²) in [6.45, 7) is 3.60. The molecular formula is C18H20O2. The molecule has 20 heavy (non-hydrogen) atoms. The fourth-order valence-corrected chi connectivity index (χ4v) is 3.08. The van der Waals surface area contributed by atoms with Crippen LogP contribution in [0.15, 0.2) is 30.3 Å². The SMILES string of the molecule is CC(C)(CCc1ccc2c3c(cccc13)CC2)C(=O)O. The number of aliphatic carboxylic acids is 1. The third-order valence-electron chi connectivity index (χ3n) is 4.57. The van der Waals surface area contributed by atoms with Gasteiger partial charge >= 0.3 is 5.97 Å². The van der Waals surface area contributed by atoms with E-state index in [1.807, 2.05) is 0 Å². The normalized spacial score (nSPS) is 13.9. The van der Waals surface area contributed by atoms with Crippen LogP contribution in [0.3, 0.4) is 0 Å². The first-order valence-corrected chi connectivity index (χ1v) is 7.25. The van der Waals surface area contributed by atoms with Crippen LogP contribution >= 0.6 is 0 Å². The molecule has 0 unspecified atom stereocenters. The molecule has 0 saturated carbocycles. The first kappa shape index (κ1) is 13.2. The number of aryl methyl sites for hydroxylation is 3. The first-order chi connectivity index (χ1) is 9.49. The van der Waals surface area contributed by atoms with Crippen molar-refractivity contribution in [2.45, 2.75) is 39.5 Å². The van der Waals surface area contributed by atoms with Crippen molar-refractivity contribution < 1.29 is 9.90 Å². The molecule has 0 aliphatic heterocycles. The van der Waals surface area contributed by atoms with Gasteiger partial charge in [0.25, 0.3) is 0 Å². The van der Waals surface area contributed by atoms with Gasteiger partial charge in [0.1, 0.15) is 0 Å². The van der Waals surface area contributed by atoms with Gasteiger partial charge in [-0.25, -0.2) is 0 Å². The Bertz CT molecular complexity index is 673. The van der Waals surface area contributed by atoms with Crippen LogP contribution in [0.5, 0.6) is 0 Å². The molecule has 3 rings (SSSR count). The van der Waals surface area contributed by atoms with Crippen LogP contribution in [0, 0.1) is 5.41 Å². The Kier molecular flexibility index (Phi) is 3.04. The molecule has 1 N–H and O–H groups in total. The maximum atomic E-state index is 11.2. The molecule has 0 bridgehead atoms. The standard InChI is InChI=1S/C18H20O2/c1-18(2,17(19)20)11-10-12-6-7-14-9-8-13-4-3-5-15(12)16(13)14/h3-7H,8-11H2,1-2H3,(H,19,20). The van der Waals surface area contributed by atoms with Crippen molar-refractivity contribution >= 4 is 16.7 Å². The van der Waals surface area contributed by atoms with E-state index in [1.54, 1.807) is 13.8 Å². The van der Waals surface area contributed by atoms with Crippen molar-refractivity contribution in [2.75, 3.05) is 0 Å². The van der Waals surface area contributed by atoms with E-state index in [-0.39, 0.29) is 0 Å². The van der Waals surface area contributed by atoms with Gasteiger partial charge in [0.2, 0.25) is 0 Å². The number of hydrogen-bond donors (Lipinski definition) is 1. The summed E-state index contributed by atoms with van der Waals surface area (Å²) in [5.74, 6) is -0.719. The van der Waals surface area contributed by atoms with Gasteiger partial charge in [-0.05, 0) is 67.0 Å². The Balaban J connectivity index is 1.96. The minimum Gasteiger partial charge on any atom is -0.481 e. The number of hydrogen-bond acceptors (Lipinski definition) is 1. The Morgan fingerprint density at radius 1 is 1.15 bits per heavy atom. The third kappa shape index (κ3) is 2.09. The monoisotopic (exact) mass is 268 g/mol. The van der Waals surface area contributed by atoms with Crippen molar-refractivity contribution in [2.24, 2.45) is 5.41 Å². The van der Waals surface area contributed by atoms with E-state index in [4.69, 9.17) is 0 Å². The molecule has 0 radical (unpaired) electrons.